The number of carbonyl (C=O) groups excluding carboxylic acids is 1. The van der Waals surface area contributed by atoms with Gasteiger partial charge in [-0.2, -0.15) is 14.7 Å². The fourth-order valence-corrected chi connectivity index (χ4v) is 4.48. The van der Waals surface area contributed by atoms with Crippen LogP contribution in [0.5, 0.6) is 0 Å². The number of carbonyl (C=O) groups is 1. The van der Waals surface area contributed by atoms with Crippen LogP contribution < -0.4 is 0 Å². The lowest BCUT2D eigenvalue weighted by Gasteiger charge is -2.14. The van der Waals surface area contributed by atoms with Gasteiger partial charge in [0, 0.05) is 31.1 Å². The Labute approximate surface area is 178 Å². The summed E-state index contributed by atoms with van der Waals surface area (Å²) in [5, 5.41) is 17.7. The van der Waals surface area contributed by atoms with Gasteiger partial charge in [-0.3, -0.25) is 14.5 Å². The molecular formula is C22H22N8O. The van der Waals surface area contributed by atoms with Crippen molar-refractivity contribution in [3.05, 3.63) is 59.3 Å². The number of rotatable bonds is 4. The maximum absolute atomic E-state index is 13.1. The molecule has 156 valence electrons. The predicted molar refractivity (Wildman–Crippen MR) is 112 cm³/mol. The van der Waals surface area contributed by atoms with Crippen LogP contribution in [-0.4, -0.2) is 45.4 Å². The van der Waals surface area contributed by atoms with E-state index < -0.39 is 0 Å². The van der Waals surface area contributed by atoms with Gasteiger partial charge in [0.15, 0.2) is 11.5 Å². The van der Waals surface area contributed by atoms with Crippen LogP contribution in [-0.2, 0) is 24.4 Å². The van der Waals surface area contributed by atoms with E-state index in [2.05, 4.69) is 34.2 Å². The third-order valence-electron chi connectivity index (χ3n) is 6.27. The molecule has 1 amide bonds. The summed E-state index contributed by atoms with van der Waals surface area (Å²) in [7, 11) is 0. The summed E-state index contributed by atoms with van der Waals surface area (Å²) in [5.74, 6) is 1.11. The van der Waals surface area contributed by atoms with Crippen LogP contribution in [0.1, 0.15) is 42.0 Å². The molecule has 1 saturated carbocycles. The zero-order valence-electron chi connectivity index (χ0n) is 17.4. The number of nitrogens with zero attached hydrogens (tertiary/aromatic N) is 8. The van der Waals surface area contributed by atoms with E-state index in [0.29, 0.717) is 13.1 Å². The SMILES string of the molecule is CCn1nc(C2CC2C(=O)N2Cc3cccnc3C2)cc1-c1ccc2nnc(C)n2n1. The van der Waals surface area contributed by atoms with Crippen molar-refractivity contribution < 1.29 is 4.79 Å². The summed E-state index contributed by atoms with van der Waals surface area (Å²) in [6.07, 6.45) is 2.63. The first kappa shape index (κ1) is 18.2. The Kier molecular flexibility index (Phi) is 3.92. The van der Waals surface area contributed by atoms with Crippen molar-refractivity contribution in [1.82, 2.24) is 39.5 Å². The molecule has 31 heavy (non-hydrogen) atoms. The Morgan fingerprint density at radius 2 is 2.06 bits per heavy atom. The molecule has 4 aromatic heterocycles. The van der Waals surface area contributed by atoms with Gasteiger partial charge in [-0.05, 0) is 50.1 Å². The van der Waals surface area contributed by atoms with Crippen molar-refractivity contribution in [2.45, 2.75) is 45.8 Å². The third-order valence-corrected chi connectivity index (χ3v) is 6.27. The minimum absolute atomic E-state index is 0.00194. The van der Waals surface area contributed by atoms with Crippen molar-refractivity contribution in [2.75, 3.05) is 0 Å². The largest absolute Gasteiger partial charge is 0.332 e. The van der Waals surface area contributed by atoms with Gasteiger partial charge in [0.2, 0.25) is 5.91 Å². The highest BCUT2D eigenvalue weighted by Crippen LogP contribution is 2.49. The van der Waals surface area contributed by atoms with Gasteiger partial charge in [0.05, 0.1) is 23.6 Å². The second kappa shape index (κ2) is 6.69. The first-order valence-corrected chi connectivity index (χ1v) is 10.6. The molecule has 1 aliphatic heterocycles. The lowest BCUT2D eigenvalue weighted by molar-refractivity contribution is -0.133. The van der Waals surface area contributed by atoms with E-state index in [1.54, 1.807) is 10.7 Å². The monoisotopic (exact) mass is 414 g/mol. The van der Waals surface area contributed by atoms with Gasteiger partial charge in [0.1, 0.15) is 5.69 Å². The molecule has 0 saturated heterocycles. The number of aryl methyl sites for hydroxylation is 2. The highest BCUT2D eigenvalue weighted by molar-refractivity contribution is 5.83. The molecule has 2 aliphatic rings. The van der Waals surface area contributed by atoms with Gasteiger partial charge >= 0.3 is 0 Å². The summed E-state index contributed by atoms with van der Waals surface area (Å²) < 4.78 is 3.70. The van der Waals surface area contributed by atoms with Gasteiger partial charge in [-0.1, -0.05) is 6.07 Å². The van der Waals surface area contributed by atoms with E-state index in [1.165, 1.54) is 0 Å². The number of aromatic nitrogens is 7. The Balaban J connectivity index is 1.24. The number of fused-ring (bicyclic) bond motifs is 2. The maximum Gasteiger partial charge on any atom is 0.227 e. The summed E-state index contributed by atoms with van der Waals surface area (Å²) in [4.78, 5) is 19.4. The first-order chi connectivity index (χ1) is 15.1. The molecule has 9 heteroatoms. The van der Waals surface area contributed by atoms with E-state index >= 15 is 0 Å². The van der Waals surface area contributed by atoms with Gasteiger partial charge in [-0.25, -0.2) is 0 Å². The first-order valence-electron chi connectivity index (χ1n) is 10.6. The van der Waals surface area contributed by atoms with E-state index in [-0.39, 0.29) is 17.7 Å². The highest BCUT2D eigenvalue weighted by atomic mass is 16.2. The number of hydrogen-bond donors (Lipinski definition) is 0. The zero-order chi connectivity index (χ0) is 21.1. The molecule has 0 aromatic carbocycles. The van der Waals surface area contributed by atoms with Crippen LogP contribution in [0.2, 0.25) is 0 Å². The Hall–Kier alpha value is -3.62. The maximum atomic E-state index is 13.1. The number of hydrogen-bond acceptors (Lipinski definition) is 6. The second-order valence-corrected chi connectivity index (χ2v) is 8.26. The molecule has 4 aromatic rings. The zero-order valence-corrected chi connectivity index (χ0v) is 17.4. The molecule has 9 nitrogen and oxygen atoms in total. The van der Waals surface area contributed by atoms with Gasteiger partial charge in [-0.15, -0.1) is 10.2 Å². The minimum atomic E-state index is -0.00194. The van der Waals surface area contributed by atoms with Crippen LogP contribution in [0.3, 0.4) is 0 Å². The van der Waals surface area contributed by atoms with Crippen LogP contribution in [0.25, 0.3) is 17.0 Å². The molecule has 0 spiro atoms. The molecule has 0 bridgehead atoms. The molecule has 5 heterocycles. The van der Waals surface area contributed by atoms with Crippen molar-refractivity contribution in [3.63, 3.8) is 0 Å². The molecule has 1 fully saturated rings. The van der Waals surface area contributed by atoms with Crippen molar-refractivity contribution >= 4 is 11.6 Å². The lowest BCUT2D eigenvalue weighted by Crippen LogP contribution is -2.27. The van der Waals surface area contributed by atoms with Crippen LogP contribution in [0, 0.1) is 12.8 Å². The van der Waals surface area contributed by atoms with Crippen LogP contribution >= 0.6 is 0 Å². The Morgan fingerprint density at radius 3 is 2.90 bits per heavy atom. The van der Waals surface area contributed by atoms with Gasteiger partial charge in [0.25, 0.3) is 0 Å². The molecule has 1 aliphatic carbocycles. The Bertz CT molecular complexity index is 1300. The van der Waals surface area contributed by atoms with E-state index in [9.17, 15) is 4.79 Å². The summed E-state index contributed by atoms with van der Waals surface area (Å²) in [5.41, 5.74) is 5.61. The molecule has 2 unspecified atom stereocenters. The number of amides is 1. The average molecular weight is 414 g/mol. The molecular weight excluding hydrogens is 392 g/mol. The summed E-state index contributed by atoms with van der Waals surface area (Å²) >= 11 is 0. The second-order valence-electron chi connectivity index (χ2n) is 8.26. The fraction of sp³-hybridized carbons (Fsp3) is 0.364. The summed E-state index contributed by atoms with van der Waals surface area (Å²) in [6, 6.07) is 9.92. The van der Waals surface area contributed by atoms with Crippen LogP contribution in [0.4, 0.5) is 0 Å². The van der Waals surface area contributed by atoms with Crippen molar-refractivity contribution in [2.24, 2.45) is 5.92 Å². The van der Waals surface area contributed by atoms with Crippen molar-refractivity contribution in [3.8, 4) is 11.4 Å². The normalized spacial score (nSPS) is 19.7. The standard InChI is InChI=1S/C22H22N8O/c1-3-29-20(17-6-7-21-25-24-13(2)30(21)27-17)10-18(26-29)15-9-16(15)22(31)28-11-14-5-4-8-23-19(14)12-28/h4-8,10,15-16H,3,9,11-12H2,1-2H3. The number of pyridine rings is 1. The van der Waals surface area contributed by atoms with Crippen LogP contribution in [0.15, 0.2) is 36.5 Å². The lowest BCUT2D eigenvalue weighted by atomic mass is 10.2. The quantitative estimate of drug-likeness (QED) is 0.509. The molecule has 0 radical (unpaired) electrons. The molecule has 6 rings (SSSR count). The molecule has 2 atom stereocenters. The fourth-order valence-electron chi connectivity index (χ4n) is 4.48. The Morgan fingerprint density at radius 1 is 1.16 bits per heavy atom. The summed E-state index contributed by atoms with van der Waals surface area (Å²) in [6.45, 7) is 5.94. The van der Waals surface area contributed by atoms with Gasteiger partial charge < -0.3 is 4.90 Å². The van der Waals surface area contributed by atoms with E-state index in [0.717, 1.165) is 52.8 Å². The third kappa shape index (κ3) is 2.91. The average Bonchev–Trinajstić information content (AvgIpc) is 3.12. The predicted octanol–water partition coefficient (Wildman–Crippen LogP) is 2.36. The topological polar surface area (TPSA) is 94.1 Å². The minimum Gasteiger partial charge on any atom is -0.332 e. The van der Waals surface area contributed by atoms with E-state index in [4.69, 9.17) is 10.2 Å². The van der Waals surface area contributed by atoms with Crippen molar-refractivity contribution in [1.29, 1.82) is 0 Å². The highest BCUT2D eigenvalue weighted by Gasteiger charge is 2.48. The van der Waals surface area contributed by atoms with E-state index in [1.807, 2.05) is 34.7 Å². The molecule has 0 N–H and O–H groups in total. The smallest absolute Gasteiger partial charge is 0.227 e.